The molecule has 2 rings (SSSR count). The van der Waals surface area contributed by atoms with Gasteiger partial charge < -0.3 is 0 Å². The number of nitrogens with zero attached hydrogens (tertiary/aromatic N) is 1. The fraction of sp³-hybridized carbons (Fsp3) is 0.278. The molecule has 0 saturated heterocycles. The lowest BCUT2D eigenvalue weighted by Crippen LogP contribution is -2.14. The maximum Gasteiger partial charge on any atom is 0.261 e. The van der Waals surface area contributed by atoms with E-state index in [1.807, 2.05) is 12.1 Å². The molecule has 0 atom stereocenters. The first-order valence-corrected chi connectivity index (χ1v) is 8.80. The molecule has 0 radical (unpaired) electrons. The highest BCUT2D eigenvalue weighted by atomic mass is 32.2. The third-order valence-electron chi connectivity index (χ3n) is 3.52. The molecule has 120 valence electrons. The van der Waals surface area contributed by atoms with Crippen LogP contribution in [0.25, 0.3) is 0 Å². The molecule has 0 aliphatic carbocycles. The second-order valence-electron chi connectivity index (χ2n) is 6.41. The van der Waals surface area contributed by atoms with Crippen LogP contribution in [0.4, 0.5) is 5.69 Å². The molecule has 0 aromatic heterocycles. The molecule has 1 N–H and O–H groups in total. The number of sulfonamides is 1. The van der Waals surface area contributed by atoms with Crippen LogP contribution >= 0.6 is 0 Å². The molecule has 0 aliphatic heterocycles. The van der Waals surface area contributed by atoms with Crippen LogP contribution in [0.5, 0.6) is 0 Å². The van der Waals surface area contributed by atoms with Crippen molar-refractivity contribution in [3.8, 4) is 6.07 Å². The number of nitriles is 1. The number of benzene rings is 2. The first kappa shape index (κ1) is 17.0. The molecular formula is C18H20N2O2S. The second-order valence-corrected chi connectivity index (χ2v) is 8.09. The van der Waals surface area contributed by atoms with Crippen molar-refractivity contribution < 1.29 is 8.42 Å². The molecule has 2 aromatic rings. The summed E-state index contributed by atoms with van der Waals surface area (Å²) in [5, 5.41) is 8.64. The third kappa shape index (κ3) is 4.33. The zero-order valence-corrected chi connectivity index (χ0v) is 14.3. The van der Waals surface area contributed by atoms with Crippen LogP contribution in [0.15, 0.2) is 53.4 Å². The fourth-order valence-electron chi connectivity index (χ4n) is 2.13. The molecule has 0 bridgehead atoms. The van der Waals surface area contributed by atoms with E-state index < -0.39 is 10.0 Å². The van der Waals surface area contributed by atoms with Crippen LogP contribution < -0.4 is 4.72 Å². The molecule has 0 saturated carbocycles. The van der Waals surface area contributed by atoms with Crippen molar-refractivity contribution in [2.45, 2.75) is 37.5 Å². The fourth-order valence-corrected chi connectivity index (χ4v) is 3.19. The van der Waals surface area contributed by atoms with Crippen molar-refractivity contribution in [2.24, 2.45) is 0 Å². The summed E-state index contributed by atoms with van der Waals surface area (Å²) in [6.07, 6.45) is 0.307. The van der Waals surface area contributed by atoms with Gasteiger partial charge in [-0.25, -0.2) is 8.42 Å². The summed E-state index contributed by atoms with van der Waals surface area (Å²) >= 11 is 0. The van der Waals surface area contributed by atoms with Gasteiger partial charge >= 0.3 is 0 Å². The molecule has 0 aliphatic rings. The van der Waals surface area contributed by atoms with Gasteiger partial charge in [-0.1, -0.05) is 45.0 Å². The zero-order valence-electron chi connectivity index (χ0n) is 13.5. The van der Waals surface area contributed by atoms with Crippen LogP contribution in [-0.4, -0.2) is 8.42 Å². The Morgan fingerprint density at radius 2 is 1.57 bits per heavy atom. The Labute approximate surface area is 137 Å². The van der Waals surface area contributed by atoms with E-state index in [2.05, 4.69) is 31.6 Å². The second kappa shape index (κ2) is 6.43. The van der Waals surface area contributed by atoms with Gasteiger partial charge in [-0.05, 0) is 40.8 Å². The number of anilines is 1. The molecule has 23 heavy (non-hydrogen) atoms. The van der Waals surface area contributed by atoms with Crippen molar-refractivity contribution in [1.29, 1.82) is 5.26 Å². The molecule has 0 fully saturated rings. The molecule has 0 heterocycles. The standard InChI is InChI=1S/C18H20N2O2S/c1-18(2,3)15-6-10-17(11-7-15)23(21,22)20-16-8-4-14(5-9-16)12-13-19/h4-11,20H,12H2,1-3H3. The highest BCUT2D eigenvalue weighted by Gasteiger charge is 2.17. The van der Waals surface area contributed by atoms with Gasteiger partial charge in [0.1, 0.15) is 0 Å². The van der Waals surface area contributed by atoms with E-state index in [0.29, 0.717) is 12.1 Å². The summed E-state index contributed by atoms with van der Waals surface area (Å²) in [5.74, 6) is 0. The van der Waals surface area contributed by atoms with E-state index in [-0.39, 0.29) is 10.3 Å². The predicted molar refractivity (Wildman–Crippen MR) is 91.7 cm³/mol. The van der Waals surface area contributed by atoms with Gasteiger partial charge in [-0.2, -0.15) is 5.26 Å². The van der Waals surface area contributed by atoms with Gasteiger partial charge in [-0.3, -0.25) is 4.72 Å². The Morgan fingerprint density at radius 3 is 2.04 bits per heavy atom. The number of hydrogen-bond acceptors (Lipinski definition) is 3. The number of rotatable bonds is 4. The summed E-state index contributed by atoms with van der Waals surface area (Å²) in [4.78, 5) is 0.228. The Bertz CT molecular complexity index is 809. The van der Waals surface area contributed by atoms with Crippen LogP contribution in [0.1, 0.15) is 31.9 Å². The molecule has 0 amide bonds. The highest BCUT2D eigenvalue weighted by molar-refractivity contribution is 7.92. The van der Waals surface area contributed by atoms with Crippen molar-refractivity contribution >= 4 is 15.7 Å². The van der Waals surface area contributed by atoms with Crippen LogP contribution in [0.3, 0.4) is 0 Å². The minimum absolute atomic E-state index is 0.0215. The molecule has 5 heteroatoms. The van der Waals surface area contributed by atoms with Crippen molar-refractivity contribution in [2.75, 3.05) is 4.72 Å². The Morgan fingerprint density at radius 1 is 1.00 bits per heavy atom. The number of nitrogens with one attached hydrogen (secondary N) is 1. The van der Waals surface area contributed by atoms with E-state index in [1.54, 1.807) is 36.4 Å². The maximum atomic E-state index is 12.4. The van der Waals surface area contributed by atoms with Gasteiger partial charge in [-0.15, -0.1) is 0 Å². The van der Waals surface area contributed by atoms with Crippen molar-refractivity contribution in [3.63, 3.8) is 0 Å². The first-order valence-electron chi connectivity index (χ1n) is 7.32. The summed E-state index contributed by atoms with van der Waals surface area (Å²) in [6.45, 7) is 6.24. The molecule has 2 aromatic carbocycles. The van der Waals surface area contributed by atoms with E-state index in [0.717, 1.165) is 11.1 Å². The molecular weight excluding hydrogens is 308 g/mol. The summed E-state index contributed by atoms with van der Waals surface area (Å²) < 4.78 is 27.4. The lowest BCUT2D eigenvalue weighted by molar-refractivity contribution is 0.587. The summed E-state index contributed by atoms with van der Waals surface area (Å²) in [5.41, 5.74) is 2.39. The summed E-state index contributed by atoms with van der Waals surface area (Å²) in [6, 6.07) is 15.8. The quantitative estimate of drug-likeness (QED) is 0.926. The first-order chi connectivity index (χ1) is 10.7. The average Bonchev–Trinajstić information content (AvgIpc) is 2.48. The topological polar surface area (TPSA) is 70.0 Å². The molecule has 0 spiro atoms. The van der Waals surface area contributed by atoms with Gasteiger partial charge in [0.15, 0.2) is 0 Å². The van der Waals surface area contributed by atoms with Crippen LogP contribution in [0.2, 0.25) is 0 Å². The van der Waals surface area contributed by atoms with Crippen LogP contribution in [0, 0.1) is 11.3 Å². The van der Waals surface area contributed by atoms with Gasteiger partial charge in [0.2, 0.25) is 0 Å². The van der Waals surface area contributed by atoms with Crippen molar-refractivity contribution in [3.05, 3.63) is 59.7 Å². The minimum Gasteiger partial charge on any atom is -0.280 e. The average molecular weight is 328 g/mol. The van der Waals surface area contributed by atoms with E-state index in [1.165, 1.54) is 0 Å². The van der Waals surface area contributed by atoms with E-state index >= 15 is 0 Å². The SMILES string of the molecule is CC(C)(C)c1ccc(S(=O)(=O)Nc2ccc(CC#N)cc2)cc1. The number of hydrogen-bond donors (Lipinski definition) is 1. The summed E-state index contributed by atoms with van der Waals surface area (Å²) in [7, 11) is -3.62. The normalized spacial score (nSPS) is 11.7. The minimum atomic E-state index is -3.62. The zero-order chi connectivity index (χ0) is 17.1. The monoisotopic (exact) mass is 328 g/mol. The largest absolute Gasteiger partial charge is 0.280 e. The maximum absolute atomic E-state index is 12.4. The smallest absolute Gasteiger partial charge is 0.261 e. The molecule has 0 unspecified atom stereocenters. The van der Waals surface area contributed by atoms with Crippen molar-refractivity contribution in [1.82, 2.24) is 0 Å². The van der Waals surface area contributed by atoms with Gasteiger partial charge in [0, 0.05) is 5.69 Å². The van der Waals surface area contributed by atoms with E-state index in [4.69, 9.17) is 5.26 Å². The Hall–Kier alpha value is -2.32. The van der Waals surface area contributed by atoms with Crippen LogP contribution in [-0.2, 0) is 21.9 Å². The van der Waals surface area contributed by atoms with E-state index in [9.17, 15) is 8.42 Å². The molecule has 4 nitrogen and oxygen atoms in total. The Balaban J connectivity index is 2.20. The van der Waals surface area contributed by atoms with Gasteiger partial charge in [0.05, 0.1) is 17.4 Å². The lowest BCUT2D eigenvalue weighted by Gasteiger charge is -2.19. The third-order valence-corrected chi connectivity index (χ3v) is 4.92. The Kier molecular flexibility index (Phi) is 4.76. The predicted octanol–water partition coefficient (Wildman–Crippen LogP) is 3.85. The highest BCUT2D eigenvalue weighted by Crippen LogP contribution is 2.24. The lowest BCUT2D eigenvalue weighted by atomic mass is 9.87. The van der Waals surface area contributed by atoms with Gasteiger partial charge in [0.25, 0.3) is 10.0 Å².